The van der Waals surface area contributed by atoms with Crippen LogP contribution >= 0.6 is 0 Å². The van der Waals surface area contributed by atoms with Gasteiger partial charge in [0.25, 0.3) is 0 Å². The molecular weight excluding hydrogens is 266 g/mol. The Balaban J connectivity index is 2.24. The highest BCUT2D eigenvalue weighted by atomic mass is 16.3. The van der Waals surface area contributed by atoms with Gasteiger partial charge in [0.15, 0.2) is 0 Å². The summed E-state index contributed by atoms with van der Waals surface area (Å²) >= 11 is 0. The van der Waals surface area contributed by atoms with Gasteiger partial charge in [-0.15, -0.1) is 0 Å². The van der Waals surface area contributed by atoms with Crippen molar-refractivity contribution in [1.29, 1.82) is 0 Å². The number of aliphatic imine (C=N–C) groups is 1. The highest BCUT2D eigenvalue weighted by molar-refractivity contribution is 5.81. The highest BCUT2D eigenvalue weighted by Gasteiger charge is 2.13. The van der Waals surface area contributed by atoms with E-state index in [4.69, 9.17) is 10.2 Å². The molecule has 3 N–H and O–H groups in total. The molecule has 0 aliphatic carbocycles. The Morgan fingerprint density at radius 3 is 2.76 bits per heavy atom. The lowest BCUT2D eigenvalue weighted by atomic mass is 10.1. The predicted molar refractivity (Wildman–Crippen MR) is 84.9 cm³/mol. The molecule has 2 aromatic rings. The van der Waals surface area contributed by atoms with Gasteiger partial charge >= 0.3 is 0 Å². The minimum absolute atomic E-state index is 0.105. The van der Waals surface area contributed by atoms with Gasteiger partial charge in [0.05, 0.1) is 30.9 Å². The van der Waals surface area contributed by atoms with Crippen molar-refractivity contribution in [3.8, 4) is 0 Å². The third-order valence-corrected chi connectivity index (χ3v) is 3.39. The van der Waals surface area contributed by atoms with Crippen LogP contribution in [0.4, 0.5) is 0 Å². The van der Waals surface area contributed by atoms with E-state index in [2.05, 4.69) is 4.99 Å². The summed E-state index contributed by atoms with van der Waals surface area (Å²) in [5.74, 6) is 1.33. The van der Waals surface area contributed by atoms with E-state index in [1.807, 2.05) is 43.1 Å². The topological polar surface area (TPSA) is 75.0 Å². The standard InChI is InChI=1S/C16H21N3O2/c1-11-14-6-4-5-7-15(14)21-16(11)9-19(3)13(10-20)8-18-12(2)17/h4-8,20H,9-10H2,1-3H3,(H2,17,18). The van der Waals surface area contributed by atoms with Crippen molar-refractivity contribution in [1.82, 2.24) is 4.90 Å². The lowest BCUT2D eigenvalue weighted by Gasteiger charge is -2.19. The zero-order valence-electron chi connectivity index (χ0n) is 12.6. The van der Waals surface area contributed by atoms with Gasteiger partial charge < -0.3 is 20.2 Å². The fourth-order valence-corrected chi connectivity index (χ4v) is 2.13. The Bertz CT molecular complexity index is 682. The van der Waals surface area contributed by atoms with Gasteiger partial charge in [0.1, 0.15) is 11.3 Å². The van der Waals surface area contributed by atoms with Gasteiger partial charge in [0.2, 0.25) is 0 Å². The molecule has 0 fully saturated rings. The number of fused-ring (bicyclic) bond motifs is 1. The second-order valence-electron chi connectivity index (χ2n) is 5.05. The second-order valence-corrected chi connectivity index (χ2v) is 5.05. The maximum atomic E-state index is 9.45. The summed E-state index contributed by atoms with van der Waals surface area (Å²) in [4.78, 5) is 5.92. The molecule has 0 aliphatic rings. The smallest absolute Gasteiger partial charge is 0.134 e. The SMILES string of the molecule is C/C(N)=N\C=C(CO)N(C)Cc1oc2ccccc2c1C. The van der Waals surface area contributed by atoms with Crippen LogP contribution in [-0.2, 0) is 6.54 Å². The van der Waals surface area contributed by atoms with Crippen LogP contribution in [0.5, 0.6) is 0 Å². The number of aliphatic hydroxyl groups is 1. The number of benzene rings is 1. The maximum absolute atomic E-state index is 9.45. The van der Waals surface area contributed by atoms with Crippen LogP contribution in [0.3, 0.4) is 0 Å². The van der Waals surface area contributed by atoms with Crippen molar-refractivity contribution < 1.29 is 9.52 Å². The quantitative estimate of drug-likeness (QED) is 0.654. The second kappa shape index (κ2) is 6.45. The van der Waals surface area contributed by atoms with Crippen LogP contribution in [0.1, 0.15) is 18.2 Å². The van der Waals surface area contributed by atoms with E-state index in [0.717, 1.165) is 22.3 Å². The van der Waals surface area contributed by atoms with E-state index in [0.29, 0.717) is 18.1 Å². The molecule has 0 saturated carbocycles. The molecule has 0 amide bonds. The summed E-state index contributed by atoms with van der Waals surface area (Å²) in [6.07, 6.45) is 1.58. The number of nitrogens with two attached hydrogens (primary N) is 1. The van der Waals surface area contributed by atoms with Crippen LogP contribution in [0.15, 0.2) is 45.6 Å². The van der Waals surface area contributed by atoms with E-state index >= 15 is 0 Å². The van der Waals surface area contributed by atoms with Crippen LogP contribution in [0.25, 0.3) is 11.0 Å². The zero-order chi connectivity index (χ0) is 15.4. The number of amidine groups is 1. The Kier molecular flexibility index (Phi) is 4.65. The van der Waals surface area contributed by atoms with Crippen molar-refractivity contribution in [2.45, 2.75) is 20.4 Å². The monoisotopic (exact) mass is 287 g/mol. The molecule has 5 heteroatoms. The van der Waals surface area contributed by atoms with Gasteiger partial charge in [-0.3, -0.25) is 0 Å². The molecular formula is C16H21N3O2. The lowest BCUT2D eigenvalue weighted by molar-refractivity contribution is 0.261. The number of hydrogen-bond donors (Lipinski definition) is 2. The van der Waals surface area contributed by atoms with Gasteiger partial charge in [0, 0.05) is 18.0 Å². The number of aliphatic hydroxyl groups excluding tert-OH is 1. The molecule has 21 heavy (non-hydrogen) atoms. The third kappa shape index (κ3) is 3.44. The Labute approximate surface area is 124 Å². The highest BCUT2D eigenvalue weighted by Crippen LogP contribution is 2.26. The molecule has 1 aromatic carbocycles. The largest absolute Gasteiger partial charge is 0.459 e. The van der Waals surface area contributed by atoms with E-state index < -0.39 is 0 Å². The fraction of sp³-hybridized carbons (Fsp3) is 0.312. The number of furan rings is 1. The first-order valence-corrected chi connectivity index (χ1v) is 6.81. The number of para-hydroxylation sites is 1. The summed E-state index contributed by atoms with van der Waals surface area (Å²) in [5, 5.41) is 10.6. The van der Waals surface area contributed by atoms with Crippen molar-refractivity contribution in [3.05, 3.63) is 47.5 Å². The summed E-state index contributed by atoms with van der Waals surface area (Å²) in [6.45, 7) is 4.20. The van der Waals surface area contributed by atoms with Crippen LogP contribution in [-0.4, -0.2) is 29.5 Å². The van der Waals surface area contributed by atoms with E-state index in [-0.39, 0.29) is 6.61 Å². The molecule has 5 nitrogen and oxygen atoms in total. The molecule has 0 unspecified atom stereocenters. The molecule has 0 spiro atoms. The number of aryl methyl sites for hydroxylation is 1. The first-order chi connectivity index (χ1) is 10.0. The number of nitrogens with zero attached hydrogens (tertiary/aromatic N) is 2. The van der Waals surface area contributed by atoms with Gasteiger partial charge in [-0.2, -0.15) is 0 Å². The molecule has 1 aromatic heterocycles. The van der Waals surface area contributed by atoms with Crippen LogP contribution < -0.4 is 5.73 Å². The summed E-state index contributed by atoms with van der Waals surface area (Å²) in [6, 6.07) is 7.95. The average molecular weight is 287 g/mol. The minimum atomic E-state index is -0.105. The number of likely N-dealkylation sites (N-methyl/N-ethyl adjacent to an activating group) is 1. The number of hydrogen-bond acceptors (Lipinski definition) is 4. The average Bonchev–Trinajstić information content (AvgIpc) is 2.76. The van der Waals surface area contributed by atoms with Gasteiger partial charge in [-0.1, -0.05) is 18.2 Å². The van der Waals surface area contributed by atoms with Crippen molar-refractivity contribution in [2.24, 2.45) is 10.7 Å². The van der Waals surface area contributed by atoms with Gasteiger partial charge in [-0.25, -0.2) is 4.99 Å². The molecule has 0 aliphatic heterocycles. The molecule has 0 radical (unpaired) electrons. The van der Waals surface area contributed by atoms with Crippen molar-refractivity contribution >= 4 is 16.8 Å². The minimum Gasteiger partial charge on any atom is -0.459 e. The first kappa shape index (κ1) is 15.1. The predicted octanol–water partition coefficient (Wildman–Crippen LogP) is 2.38. The summed E-state index contributed by atoms with van der Waals surface area (Å²) in [7, 11) is 1.88. The third-order valence-electron chi connectivity index (χ3n) is 3.39. The molecule has 2 rings (SSSR count). The Hall–Kier alpha value is -2.27. The Morgan fingerprint density at radius 1 is 1.43 bits per heavy atom. The molecule has 0 atom stereocenters. The molecule has 0 saturated heterocycles. The maximum Gasteiger partial charge on any atom is 0.134 e. The van der Waals surface area contributed by atoms with Gasteiger partial charge in [-0.05, 0) is 19.9 Å². The van der Waals surface area contributed by atoms with Crippen molar-refractivity contribution in [2.75, 3.05) is 13.7 Å². The van der Waals surface area contributed by atoms with E-state index in [1.54, 1.807) is 13.1 Å². The molecule has 1 heterocycles. The lowest BCUT2D eigenvalue weighted by Crippen LogP contribution is -2.20. The summed E-state index contributed by atoms with van der Waals surface area (Å²) < 4.78 is 5.88. The fourth-order valence-electron chi connectivity index (χ4n) is 2.13. The summed E-state index contributed by atoms with van der Waals surface area (Å²) in [5.41, 5.74) is 8.19. The van der Waals surface area contributed by atoms with Crippen molar-refractivity contribution in [3.63, 3.8) is 0 Å². The normalized spacial score (nSPS) is 13.0. The first-order valence-electron chi connectivity index (χ1n) is 6.81. The number of rotatable bonds is 5. The van der Waals surface area contributed by atoms with E-state index in [1.165, 1.54) is 0 Å². The zero-order valence-corrected chi connectivity index (χ0v) is 12.6. The van der Waals surface area contributed by atoms with E-state index in [9.17, 15) is 5.11 Å². The Morgan fingerprint density at radius 2 is 2.14 bits per heavy atom. The molecule has 112 valence electrons. The van der Waals surface area contributed by atoms with Crippen LogP contribution in [0, 0.1) is 6.92 Å². The molecule has 0 bridgehead atoms. The van der Waals surface area contributed by atoms with Crippen LogP contribution in [0.2, 0.25) is 0 Å².